The van der Waals surface area contributed by atoms with Crippen molar-refractivity contribution in [3.8, 4) is 0 Å². The lowest BCUT2D eigenvalue weighted by Gasteiger charge is -2.20. The quantitative estimate of drug-likeness (QED) is 0.718. The van der Waals surface area contributed by atoms with Gasteiger partial charge in [0.05, 0.1) is 5.69 Å². The van der Waals surface area contributed by atoms with Crippen molar-refractivity contribution in [1.82, 2.24) is 4.98 Å². The fraction of sp³-hybridized carbons (Fsp3) is 0.0952. The average Bonchev–Trinajstić information content (AvgIpc) is 2.71. The molecule has 0 spiro atoms. The van der Waals surface area contributed by atoms with Crippen LogP contribution in [0.1, 0.15) is 27.8 Å². The average molecular weight is 381 g/mol. The van der Waals surface area contributed by atoms with Crippen LogP contribution in [0.3, 0.4) is 0 Å². The van der Waals surface area contributed by atoms with Gasteiger partial charge in [-0.1, -0.05) is 18.2 Å². The summed E-state index contributed by atoms with van der Waals surface area (Å²) in [6.45, 7) is 2.25. The highest BCUT2D eigenvalue weighted by atomic mass is 19.1. The molecule has 2 amide bonds. The van der Waals surface area contributed by atoms with E-state index in [1.807, 2.05) is 25.1 Å². The highest BCUT2D eigenvalue weighted by Gasteiger charge is 2.19. The number of aromatic nitrogens is 1. The molecule has 1 aromatic heterocycles. The summed E-state index contributed by atoms with van der Waals surface area (Å²) in [7, 11) is 0. The van der Waals surface area contributed by atoms with Gasteiger partial charge in [0.1, 0.15) is 17.3 Å². The maximum absolute atomic E-state index is 13.7. The molecule has 0 fully saturated rings. The van der Waals surface area contributed by atoms with Crippen LogP contribution in [-0.2, 0) is 0 Å². The van der Waals surface area contributed by atoms with Crippen LogP contribution in [0, 0.1) is 11.6 Å². The second kappa shape index (κ2) is 8.39. The van der Waals surface area contributed by atoms with Crippen molar-refractivity contribution in [1.29, 1.82) is 0 Å². The number of hydrogen-bond donors (Lipinski definition) is 1. The predicted molar refractivity (Wildman–Crippen MR) is 102 cm³/mol. The van der Waals surface area contributed by atoms with Crippen molar-refractivity contribution in [3.63, 3.8) is 0 Å². The second-order valence-electron chi connectivity index (χ2n) is 5.89. The highest BCUT2D eigenvalue weighted by Crippen LogP contribution is 2.18. The van der Waals surface area contributed by atoms with Crippen LogP contribution in [0.25, 0.3) is 0 Å². The summed E-state index contributed by atoms with van der Waals surface area (Å²) in [5, 5.41) is 2.36. The number of benzene rings is 2. The molecule has 0 aliphatic carbocycles. The van der Waals surface area contributed by atoms with Crippen molar-refractivity contribution in [2.45, 2.75) is 6.92 Å². The van der Waals surface area contributed by atoms with Crippen LogP contribution in [0.2, 0.25) is 0 Å². The van der Waals surface area contributed by atoms with E-state index in [9.17, 15) is 18.4 Å². The van der Waals surface area contributed by atoms with Crippen LogP contribution in [0.15, 0.2) is 66.9 Å². The first-order valence-corrected chi connectivity index (χ1v) is 8.59. The van der Waals surface area contributed by atoms with Crippen LogP contribution in [0.4, 0.5) is 20.2 Å². The number of amides is 2. The van der Waals surface area contributed by atoms with E-state index >= 15 is 0 Å². The molecule has 28 heavy (non-hydrogen) atoms. The van der Waals surface area contributed by atoms with Crippen molar-refractivity contribution >= 4 is 23.2 Å². The zero-order chi connectivity index (χ0) is 20.1. The lowest BCUT2D eigenvalue weighted by atomic mass is 10.2. The van der Waals surface area contributed by atoms with Gasteiger partial charge in [0, 0.05) is 30.1 Å². The summed E-state index contributed by atoms with van der Waals surface area (Å²) in [6.07, 6.45) is 1.34. The van der Waals surface area contributed by atoms with Crippen molar-refractivity contribution < 1.29 is 18.4 Å². The van der Waals surface area contributed by atoms with E-state index in [2.05, 4.69) is 10.3 Å². The molecule has 0 bridgehead atoms. The van der Waals surface area contributed by atoms with Gasteiger partial charge in [0.25, 0.3) is 11.8 Å². The van der Waals surface area contributed by atoms with Crippen molar-refractivity contribution in [2.24, 2.45) is 0 Å². The lowest BCUT2D eigenvalue weighted by Crippen LogP contribution is -2.31. The summed E-state index contributed by atoms with van der Waals surface area (Å²) in [4.78, 5) is 30.8. The molecular formula is C21H17F2N3O2. The van der Waals surface area contributed by atoms with Crippen LogP contribution in [-0.4, -0.2) is 23.3 Å². The van der Waals surface area contributed by atoms with E-state index in [1.54, 1.807) is 12.1 Å². The number of nitrogens with one attached hydrogen (secondary N) is 1. The van der Waals surface area contributed by atoms with Gasteiger partial charge in [0.2, 0.25) is 0 Å². The van der Waals surface area contributed by atoms with E-state index in [0.29, 0.717) is 18.3 Å². The summed E-state index contributed by atoms with van der Waals surface area (Å²) < 4.78 is 26.7. The molecule has 3 aromatic rings. The Kier molecular flexibility index (Phi) is 5.74. The Morgan fingerprint density at radius 1 is 1.04 bits per heavy atom. The van der Waals surface area contributed by atoms with Gasteiger partial charge >= 0.3 is 0 Å². The molecule has 0 aliphatic heterocycles. The monoisotopic (exact) mass is 381 g/mol. The SMILES string of the molecule is CCN(C(=O)c1cc(C(=O)Nc2ccc(F)cc2F)ccn1)c1ccccc1. The number of carbonyl (C=O) groups is 2. The summed E-state index contributed by atoms with van der Waals surface area (Å²) in [6, 6.07) is 14.7. The molecule has 5 nitrogen and oxygen atoms in total. The van der Waals surface area contributed by atoms with Gasteiger partial charge in [-0.15, -0.1) is 0 Å². The fourth-order valence-electron chi connectivity index (χ4n) is 2.66. The van der Waals surface area contributed by atoms with E-state index in [1.165, 1.54) is 23.2 Å². The van der Waals surface area contributed by atoms with Crippen LogP contribution in [0.5, 0.6) is 0 Å². The van der Waals surface area contributed by atoms with Gasteiger partial charge in [-0.2, -0.15) is 0 Å². The Labute approximate surface area is 160 Å². The van der Waals surface area contributed by atoms with E-state index in [-0.39, 0.29) is 22.9 Å². The molecule has 0 atom stereocenters. The number of rotatable bonds is 5. The number of halogens is 2. The lowest BCUT2D eigenvalue weighted by molar-refractivity contribution is 0.0983. The summed E-state index contributed by atoms with van der Waals surface area (Å²) >= 11 is 0. The third kappa shape index (κ3) is 4.20. The molecule has 142 valence electrons. The Balaban J connectivity index is 1.83. The van der Waals surface area contributed by atoms with E-state index in [0.717, 1.165) is 12.1 Å². The van der Waals surface area contributed by atoms with Crippen molar-refractivity contribution in [3.05, 3.63) is 89.8 Å². The molecular weight excluding hydrogens is 364 g/mol. The second-order valence-corrected chi connectivity index (χ2v) is 5.89. The molecule has 0 unspecified atom stereocenters. The first kappa shape index (κ1) is 19.2. The molecule has 0 saturated carbocycles. The van der Waals surface area contributed by atoms with Crippen LogP contribution >= 0.6 is 0 Å². The number of para-hydroxylation sites is 1. The minimum Gasteiger partial charge on any atom is -0.319 e. The predicted octanol–water partition coefficient (Wildman–Crippen LogP) is 4.28. The number of pyridine rings is 1. The topological polar surface area (TPSA) is 62.3 Å². The van der Waals surface area contributed by atoms with Crippen molar-refractivity contribution in [2.75, 3.05) is 16.8 Å². The summed E-state index contributed by atoms with van der Waals surface area (Å²) in [5.74, 6) is -2.63. The molecule has 0 saturated heterocycles. The number of hydrogen-bond acceptors (Lipinski definition) is 3. The Morgan fingerprint density at radius 3 is 2.46 bits per heavy atom. The smallest absolute Gasteiger partial charge is 0.276 e. The van der Waals surface area contributed by atoms with Gasteiger partial charge in [-0.25, -0.2) is 8.78 Å². The first-order valence-electron chi connectivity index (χ1n) is 8.59. The molecule has 1 heterocycles. The minimum absolute atomic E-state index is 0.0814. The third-order valence-electron chi connectivity index (χ3n) is 4.05. The number of carbonyl (C=O) groups excluding carboxylic acids is 2. The molecule has 0 radical (unpaired) electrons. The first-order chi connectivity index (χ1) is 13.5. The standard InChI is InChI=1S/C21H17F2N3O2/c1-2-26(16-6-4-3-5-7-16)21(28)19-12-14(10-11-24-19)20(27)25-18-9-8-15(22)13-17(18)23/h3-13H,2H2,1H3,(H,25,27). The van der Waals surface area contributed by atoms with Gasteiger partial charge < -0.3 is 10.2 Å². The highest BCUT2D eigenvalue weighted by molar-refractivity contribution is 6.08. The maximum Gasteiger partial charge on any atom is 0.276 e. The minimum atomic E-state index is -0.889. The largest absolute Gasteiger partial charge is 0.319 e. The van der Waals surface area contributed by atoms with Gasteiger partial charge in [-0.3, -0.25) is 14.6 Å². The molecule has 2 aromatic carbocycles. The zero-order valence-electron chi connectivity index (χ0n) is 15.0. The van der Waals surface area contributed by atoms with Gasteiger partial charge in [-0.05, 0) is 43.3 Å². The number of anilines is 2. The Hall–Kier alpha value is -3.61. The normalized spacial score (nSPS) is 10.4. The molecule has 3 rings (SSSR count). The zero-order valence-corrected chi connectivity index (χ0v) is 15.0. The molecule has 1 N–H and O–H groups in total. The van der Waals surface area contributed by atoms with Crippen LogP contribution < -0.4 is 10.2 Å². The molecule has 7 heteroatoms. The van der Waals surface area contributed by atoms with E-state index in [4.69, 9.17) is 0 Å². The van der Waals surface area contributed by atoms with Gasteiger partial charge in [0.15, 0.2) is 0 Å². The molecule has 0 aliphatic rings. The Morgan fingerprint density at radius 2 is 1.79 bits per heavy atom. The third-order valence-corrected chi connectivity index (χ3v) is 4.05. The Bertz CT molecular complexity index is 1010. The fourth-order valence-corrected chi connectivity index (χ4v) is 2.66. The summed E-state index contributed by atoms with van der Waals surface area (Å²) in [5.41, 5.74) is 0.764. The number of nitrogens with zero attached hydrogens (tertiary/aromatic N) is 2. The van der Waals surface area contributed by atoms with E-state index < -0.39 is 17.5 Å². The maximum atomic E-state index is 13.7.